The largest absolute Gasteiger partial charge is 0.495 e. The highest BCUT2D eigenvalue weighted by atomic mass is 32.2. The Balaban J connectivity index is 2.07. The lowest BCUT2D eigenvalue weighted by molar-refractivity contribution is -0.113. The number of hydrogen-bond acceptors (Lipinski definition) is 5. The fourth-order valence-electron chi connectivity index (χ4n) is 3.49. The van der Waals surface area contributed by atoms with E-state index in [1.54, 1.807) is 31.0 Å². The lowest BCUT2D eigenvalue weighted by atomic mass is 9.78. The van der Waals surface area contributed by atoms with Crippen LogP contribution in [-0.4, -0.2) is 23.8 Å². The maximum absolute atomic E-state index is 13.3. The van der Waals surface area contributed by atoms with Gasteiger partial charge in [-0.2, -0.15) is 5.26 Å². The minimum atomic E-state index is -0.510. The van der Waals surface area contributed by atoms with Gasteiger partial charge in [-0.25, -0.2) is 4.99 Å². The third-order valence-corrected chi connectivity index (χ3v) is 5.70. The van der Waals surface area contributed by atoms with Gasteiger partial charge >= 0.3 is 0 Å². The minimum Gasteiger partial charge on any atom is -0.495 e. The first-order chi connectivity index (χ1) is 14.1. The summed E-state index contributed by atoms with van der Waals surface area (Å²) in [6, 6.07) is 19.3. The number of thioether (sulfide) groups is 1. The number of ether oxygens (including phenoxy) is 1. The first-order valence-electron chi connectivity index (χ1n) is 9.41. The van der Waals surface area contributed by atoms with Crippen molar-refractivity contribution in [2.45, 2.75) is 19.8 Å². The number of benzene rings is 2. The van der Waals surface area contributed by atoms with Crippen molar-refractivity contribution in [1.29, 1.82) is 5.26 Å². The molecule has 0 aromatic heterocycles. The Bertz CT molecular complexity index is 993. The number of amides is 1. The van der Waals surface area contributed by atoms with E-state index in [0.717, 1.165) is 16.4 Å². The number of carbonyl (C=O) groups excluding carboxylic acids is 1. The summed E-state index contributed by atoms with van der Waals surface area (Å²) < 4.78 is 5.35. The van der Waals surface area contributed by atoms with Crippen molar-refractivity contribution in [3.05, 3.63) is 71.4 Å². The van der Waals surface area contributed by atoms with Crippen LogP contribution in [0.25, 0.3) is 0 Å². The van der Waals surface area contributed by atoms with Crippen LogP contribution in [0.5, 0.6) is 5.75 Å². The zero-order valence-corrected chi connectivity index (χ0v) is 17.5. The number of hydrogen-bond donors (Lipinski definition) is 1. The summed E-state index contributed by atoms with van der Waals surface area (Å²) >= 11 is 1.55. The van der Waals surface area contributed by atoms with Gasteiger partial charge in [0.05, 0.1) is 23.9 Å². The molecule has 29 heavy (non-hydrogen) atoms. The van der Waals surface area contributed by atoms with Crippen LogP contribution in [0, 0.1) is 17.2 Å². The van der Waals surface area contributed by atoms with E-state index in [2.05, 4.69) is 16.4 Å². The maximum Gasteiger partial charge on any atom is 0.254 e. The molecular weight excluding hydrogens is 382 g/mol. The Kier molecular flexibility index (Phi) is 6.73. The Morgan fingerprint density at radius 3 is 2.55 bits per heavy atom. The molecule has 5 nitrogen and oxygen atoms in total. The fraction of sp³-hybridized carbons (Fsp3) is 0.261. The number of methoxy groups -OCH3 is 1. The second kappa shape index (κ2) is 9.44. The molecule has 0 saturated heterocycles. The molecule has 1 amide bonds. The molecule has 2 aromatic rings. The number of anilines is 1. The van der Waals surface area contributed by atoms with Crippen molar-refractivity contribution < 1.29 is 9.53 Å². The highest BCUT2D eigenvalue weighted by Gasteiger charge is 2.38. The number of nitrogens with one attached hydrogen (secondary N) is 1. The molecular formula is C23H23N3O2S. The standard InChI is InChI=1S/C23H23N3O2S/c1-4-29-23-17(14-24)21(16-10-6-5-7-11-16)20(15(2)25-23)22(27)26-18-12-8-9-13-19(18)28-3/h5-13,17,21H,4H2,1-3H3,(H,26,27)/t17?,21-/m0/s1. The molecule has 2 aromatic carbocycles. The van der Waals surface area contributed by atoms with E-state index in [0.29, 0.717) is 22.7 Å². The van der Waals surface area contributed by atoms with E-state index in [1.807, 2.05) is 56.3 Å². The summed E-state index contributed by atoms with van der Waals surface area (Å²) in [6.07, 6.45) is 0. The predicted octanol–water partition coefficient (Wildman–Crippen LogP) is 5.00. The lowest BCUT2D eigenvalue weighted by Crippen LogP contribution is -2.31. The molecule has 0 saturated carbocycles. The number of aliphatic imine (C=N–C) groups is 1. The molecule has 1 heterocycles. The highest BCUT2D eigenvalue weighted by Crippen LogP contribution is 2.41. The molecule has 148 valence electrons. The topological polar surface area (TPSA) is 74.5 Å². The van der Waals surface area contributed by atoms with Crippen molar-refractivity contribution >= 4 is 28.4 Å². The van der Waals surface area contributed by atoms with E-state index < -0.39 is 5.92 Å². The van der Waals surface area contributed by atoms with Crippen LogP contribution in [0.4, 0.5) is 5.69 Å². The highest BCUT2D eigenvalue weighted by molar-refractivity contribution is 8.14. The van der Waals surface area contributed by atoms with Gasteiger partial charge in [-0.3, -0.25) is 4.79 Å². The van der Waals surface area contributed by atoms with Gasteiger partial charge < -0.3 is 10.1 Å². The monoisotopic (exact) mass is 405 g/mol. The zero-order valence-electron chi connectivity index (χ0n) is 16.7. The van der Waals surface area contributed by atoms with Crippen LogP contribution in [0.2, 0.25) is 0 Å². The number of allylic oxidation sites excluding steroid dienone is 1. The second-order valence-corrected chi connectivity index (χ2v) is 7.82. The van der Waals surface area contributed by atoms with Crippen LogP contribution < -0.4 is 10.1 Å². The molecule has 1 N–H and O–H groups in total. The SMILES string of the molecule is CCSC1=NC(C)=C(C(=O)Nc2ccccc2OC)[C@@H](c2ccccc2)C1C#N. The lowest BCUT2D eigenvalue weighted by Gasteiger charge is -2.30. The maximum atomic E-state index is 13.3. The van der Waals surface area contributed by atoms with Crippen molar-refractivity contribution in [2.75, 3.05) is 18.2 Å². The van der Waals surface area contributed by atoms with E-state index in [9.17, 15) is 10.1 Å². The van der Waals surface area contributed by atoms with Crippen LogP contribution in [0.1, 0.15) is 25.3 Å². The molecule has 6 heteroatoms. The van der Waals surface area contributed by atoms with Gasteiger partial charge in [0.2, 0.25) is 0 Å². The van der Waals surface area contributed by atoms with Crippen LogP contribution in [0.3, 0.4) is 0 Å². The zero-order chi connectivity index (χ0) is 20.8. The molecule has 1 aliphatic rings. The summed E-state index contributed by atoms with van der Waals surface area (Å²) in [5, 5.41) is 13.7. The number of para-hydroxylation sites is 2. The van der Waals surface area contributed by atoms with Crippen molar-refractivity contribution in [3.63, 3.8) is 0 Å². The summed E-state index contributed by atoms with van der Waals surface area (Å²) in [5.41, 5.74) is 2.65. The molecule has 1 unspecified atom stereocenters. The molecule has 3 rings (SSSR count). The van der Waals surface area contributed by atoms with Gasteiger partial charge in [-0.1, -0.05) is 49.4 Å². The Morgan fingerprint density at radius 2 is 1.90 bits per heavy atom. The van der Waals surface area contributed by atoms with Gasteiger partial charge in [0.1, 0.15) is 11.7 Å². The molecule has 2 atom stereocenters. The smallest absolute Gasteiger partial charge is 0.254 e. The molecule has 0 aliphatic carbocycles. The quantitative estimate of drug-likeness (QED) is 0.760. The molecule has 0 fully saturated rings. The van der Waals surface area contributed by atoms with Crippen molar-refractivity contribution in [1.82, 2.24) is 0 Å². The van der Waals surface area contributed by atoms with E-state index in [4.69, 9.17) is 4.74 Å². The molecule has 0 spiro atoms. The minimum absolute atomic E-state index is 0.273. The van der Waals surface area contributed by atoms with E-state index >= 15 is 0 Å². The Hall–Kier alpha value is -3.04. The first kappa shape index (κ1) is 20.7. The van der Waals surface area contributed by atoms with Gasteiger partial charge in [-0.15, -0.1) is 11.8 Å². The van der Waals surface area contributed by atoms with Crippen LogP contribution >= 0.6 is 11.8 Å². The summed E-state index contributed by atoms with van der Waals surface area (Å²) in [6.45, 7) is 3.86. The average molecular weight is 406 g/mol. The summed E-state index contributed by atoms with van der Waals surface area (Å²) in [4.78, 5) is 18.0. The Labute approximate surface area is 175 Å². The number of nitrogens with zero attached hydrogens (tertiary/aromatic N) is 2. The van der Waals surface area contributed by atoms with Crippen molar-refractivity contribution in [3.8, 4) is 11.8 Å². The first-order valence-corrected chi connectivity index (χ1v) is 10.4. The number of rotatable bonds is 5. The predicted molar refractivity (Wildman–Crippen MR) is 118 cm³/mol. The van der Waals surface area contributed by atoms with E-state index in [-0.39, 0.29) is 11.8 Å². The fourth-order valence-corrected chi connectivity index (χ4v) is 4.36. The van der Waals surface area contributed by atoms with Crippen molar-refractivity contribution in [2.24, 2.45) is 10.9 Å². The third kappa shape index (κ3) is 4.36. The molecule has 0 radical (unpaired) electrons. The van der Waals surface area contributed by atoms with Crippen LogP contribution in [-0.2, 0) is 4.79 Å². The molecule has 1 aliphatic heterocycles. The van der Waals surface area contributed by atoms with Crippen LogP contribution in [0.15, 0.2) is 70.9 Å². The Morgan fingerprint density at radius 1 is 1.21 bits per heavy atom. The second-order valence-electron chi connectivity index (χ2n) is 6.53. The number of nitriles is 1. The van der Waals surface area contributed by atoms with Gasteiger partial charge in [0, 0.05) is 17.2 Å². The summed E-state index contributed by atoms with van der Waals surface area (Å²) in [7, 11) is 1.56. The van der Waals surface area contributed by atoms with E-state index in [1.165, 1.54) is 0 Å². The van der Waals surface area contributed by atoms with Gasteiger partial charge in [0.25, 0.3) is 5.91 Å². The summed E-state index contributed by atoms with van der Waals surface area (Å²) in [5.74, 6) is 0.222. The average Bonchev–Trinajstić information content (AvgIpc) is 2.74. The van der Waals surface area contributed by atoms with Gasteiger partial charge in [-0.05, 0) is 30.4 Å². The molecule has 0 bridgehead atoms. The van der Waals surface area contributed by atoms with Gasteiger partial charge in [0.15, 0.2) is 0 Å². The third-order valence-electron chi connectivity index (χ3n) is 4.77. The number of carbonyl (C=O) groups is 1. The normalized spacial score (nSPS) is 18.6.